The van der Waals surface area contributed by atoms with Gasteiger partial charge in [-0.05, 0) is 72.7 Å². The van der Waals surface area contributed by atoms with Gasteiger partial charge in [-0.15, -0.1) is 0 Å². The molecule has 1 amide bonds. The zero-order chi connectivity index (χ0) is 23.1. The number of carbonyl (C=O) groups is 1. The molecule has 0 aliphatic heterocycles. The number of carbonyl (C=O) groups excluding carboxylic acids is 1. The maximum absolute atomic E-state index is 12.6. The number of nitrogens with zero attached hydrogens (tertiary/aromatic N) is 1. The molecule has 0 aliphatic carbocycles. The van der Waals surface area contributed by atoms with E-state index in [4.69, 9.17) is 4.42 Å². The molecule has 0 atom stereocenters. The lowest BCUT2D eigenvalue weighted by Crippen LogP contribution is -2.23. The number of amides is 1. The number of rotatable bonds is 6. The van der Waals surface area contributed by atoms with Gasteiger partial charge in [-0.2, -0.15) is 0 Å². The number of sulfonamides is 1. The maximum Gasteiger partial charge on any atom is 0.255 e. The van der Waals surface area contributed by atoms with Crippen molar-refractivity contribution in [3.05, 3.63) is 114 Å². The zero-order valence-corrected chi connectivity index (χ0v) is 18.2. The second-order valence-corrected chi connectivity index (χ2v) is 8.70. The number of benzene rings is 2. The van der Waals surface area contributed by atoms with Crippen molar-refractivity contribution in [2.45, 2.75) is 11.4 Å². The Kier molecular flexibility index (Phi) is 6.64. The summed E-state index contributed by atoms with van der Waals surface area (Å²) >= 11 is 0. The van der Waals surface area contributed by atoms with Crippen molar-refractivity contribution in [1.82, 2.24) is 9.71 Å². The minimum atomic E-state index is -3.73. The van der Waals surface area contributed by atoms with Gasteiger partial charge < -0.3 is 9.73 Å². The summed E-state index contributed by atoms with van der Waals surface area (Å²) in [6, 6.07) is 21.7. The molecule has 0 saturated heterocycles. The van der Waals surface area contributed by atoms with Crippen LogP contribution in [0.3, 0.4) is 0 Å². The van der Waals surface area contributed by atoms with Crippen molar-refractivity contribution in [1.29, 1.82) is 0 Å². The Morgan fingerprint density at radius 2 is 1.79 bits per heavy atom. The molecular formula is C25H19N3O4S. The Labute approximate surface area is 191 Å². The number of hydrogen-bond donors (Lipinski definition) is 2. The second kappa shape index (κ2) is 9.96. The summed E-state index contributed by atoms with van der Waals surface area (Å²) in [4.78, 5) is 16.8. The van der Waals surface area contributed by atoms with E-state index in [1.807, 2.05) is 24.3 Å². The SMILES string of the molecule is O=C(Nc1cccc(C#Cc2ccccn2)c1)c1ccc(S(=O)(=O)NCc2ccco2)cc1. The van der Waals surface area contributed by atoms with E-state index < -0.39 is 10.0 Å². The fourth-order valence-electron chi connectivity index (χ4n) is 2.90. The first kappa shape index (κ1) is 22.0. The lowest BCUT2D eigenvalue weighted by Gasteiger charge is -2.08. The first-order valence-corrected chi connectivity index (χ1v) is 11.4. The first-order valence-electron chi connectivity index (χ1n) is 9.96. The lowest BCUT2D eigenvalue weighted by molar-refractivity contribution is 0.102. The predicted molar refractivity (Wildman–Crippen MR) is 124 cm³/mol. The third-order valence-corrected chi connectivity index (χ3v) is 5.98. The summed E-state index contributed by atoms with van der Waals surface area (Å²) in [5.74, 6) is 6.12. The van der Waals surface area contributed by atoms with E-state index in [0.717, 1.165) is 5.56 Å². The van der Waals surface area contributed by atoms with E-state index in [2.05, 4.69) is 26.9 Å². The van der Waals surface area contributed by atoms with Gasteiger partial charge in [0.2, 0.25) is 10.0 Å². The zero-order valence-electron chi connectivity index (χ0n) is 17.4. The van der Waals surface area contributed by atoms with Crippen LogP contribution < -0.4 is 10.0 Å². The molecule has 0 fully saturated rings. The fourth-order valence-corrected chi connectivity index (χ4v) is 3.89. The smallest absolute Gasteiger partial charge is 0.255 e. The summed E-state index contributed by atoms with van der Waals surface area (Å²) in [6.45, 7) is 0.0388. The molecule has 2 N–H and O–H groups in total. The van der Waals surface area contributed by atoms with Gasteiger partial charge >= 0.3 is 0 Å². The summed E-state index contributed by atoms with van der Waals surface area (Å²) < 4.78 is 32.4. The van der Waals surface area contributed by atoms with Gasteiger partial charge in [0.25, 0.3) is 5.91 Å². The number of aromatic nitrogens is 1. The molecule has 4 rings (SSSR count). The average molecular weight is 458 g/mol. The Balaban J connectivity index is 1.41. The molecule has 4 aromatic rings. The van der Waals surface area contributed by atoms with Crippen LogP contribution in [0.1, 0.15) is 27.4 Å². The van der Waals surface area contributed by atoms with E-state index in [9.17, 15) is 13.2 Å². The number of pyridine rings is 1. The quantitative estimate of drug-likeness (QED) is 0.429. The Bertz CT molecular complexity index is 1400. The summed E-state index contributed by atoms with van der Waals surface area (Å²) in [5, 5.41) is 2.80. The van der Waals surface area contributed by atoms with Crippen molar-refractivity contribution in [2.24, 2.45) is 0 Å². The number of anilines is 1. The van der Waals surface area contributed by atoms with E-state index in [-0.39, 0.29) is 17.3 Å². The van der Waals surface area contributed by atoms with Crippen LogP contribution >= 0.6 is 0 Å². The van der Waals surface area contributed by atoms with Crippen LogP contribution in [0.25, 0.3) is 0 Å². The van der Waals surface area contributed by atoms with Crippen molar-refractivity contribution < 1.29 is 17.6 Å². The highest BCUT2D eigenvalue weighted by Crippen LogP contribution is 2.15. The molecule has 0 bridgehead atoms. The number of hydrogen-bond acceptors (Lipinski definition) is 5. The third kappa shape index (κ3) is 5.95. The van der Waals surface area contributed by atoms with Crippen molar-refractivity contribution >= 4 is 21.6 Å². The van der Waals surface area contributed by atoms with Crippen LogP contribution in [0.5, 0.6) is 0 Å². The standard InChI is InChI=1S/C25H19N3O4S/c29-25(28-22-7-3-5-19(17-22)9-12-21-6-1-2-15-26-21)20-10-13-24(14-11-20)33(30,31)27-18-23-8-4-16-32-23/h1-8,10-11,13-17,27H,18H2,(H,28,29). The van der Waals surface area contributed by atoms with Gasteiger partial charge in [-0.25, -0.2) is 18.1 Å². The van der Waals surface area contributed by atoms with Gasteiger partial charge in [0.05, 0.1) is 17.7 Å². The van der Waals surface area contributed by atoms with E-state index in [0.29, 0.717) is 22.7 Å². The summed E-state index contributed by atoms with van der Waals surface area (Å²) in [7, 11) is -3.73. The largest absolute Gasteiger partial charge is 0.468 e. The molecule has 0 saturated carbocycles. The molecule has 0 aliphatic rings. The molecule has 2 aromatic heterocycles. The van der Waals surface area contributed by atoms with Crippen molar-refractivity contribution in [3.8, 4) is 11.8 Å². The monoisotopic (exact) mass is 457 g/mol. The maximum atomic E-state index is 12.6. The first-order chi connectivity index (χ1) is 16.0. The van der Waals surface area contributed by atoms with Crippen LogP contribution in [0.15, 0.2) is 101 Å². The topological polar surface area (TPSA) is 101 Å². The van der Waals surface area contributed by atoms with Crippen LogP contribution in [0.4, 0.5) is 5.69 Å². The highest BCUT2D eigenvalue weighted by Gasteiger charge is 2.15. The lowest BCUT2D eigenvalue weighted by atomic mass is 10.1. The van der Waals surface area contributed by atoms with Crippen molar-refractivity contribution in [3.63, 3.8) is 0 Å². The second-order valence-electron chi connectivity index (χ2n) is 6.93. The minimum absolute atomic E-state index is 0.0388. The van der Waals surface area contributed by atoms with Gasteiger partial charge in [0.1, 0.15) is 11.5 Å². The molecule has 164 valence electrons. The van der Waals surface area contributed by atoms with Crippen molar-refractivity contribution in [2.75, 3.05) is 5.32 Å². The summed E-state index contributed by atoms with van der Waals surface area (Å²) in [6.07, 6.45) is 3.14. The molecular weight excluding hydrogens is 438 g/mol. The van der Waals surface area contributed by atoms with Gasteiger partial charge in [0, 0.05) is 23.0 Å². The fraction of sp³-hybridized carbons (Fsp3) is 0.0400. The minimum Gasteiger partial charge on any atom is -0.468 e. The molecule has 2 aromatic carbocycles. The molecule has 8 heteroatoms. The third-order valence-electron chi connectivity index (χ3n) is 4.56. The van der Waals surface area contributed by atoms with Gasteiger partial charge in [-0.1, -0.05) is 18.1 Å². The van der Waals surface area contributed by atoms with Crippen LogP contribution in [-0.4, -0.2) is 19.3 Å². The molecule has 2 heterocycles. The normalized spacial score (nSPS) is 10.8. The van der Waals surface area contributed by atoms with E-state index >= 15 is 0 Å². The molecule has 0 unspecified atom stereocenters. The van der Waals surface area contributed by atoms with Crippen LogP contribution in [-0.2, 0) is 16.6 Å². The molecule has 0 spiro atoms. The van der Waals surface area contributed by atoms with Crippen LogP contribution in [0.2, 0.25) is 0 Å². The highest BCUT2D eigenvalue weighted by atomic mass is 32.2. The Morgan fingerprint density at radius 3 is 2.52 bits per heavy atom. The summed E-state index contributed by atoms with van der Waals surface area (Å²) in [5.41, 5.74) is 2.28. The number of furan rings is 1. The van der Waals surface area contributed by atoms with E-state index in [1.165, 1.54) is 30.5 Å². The Morgan fingerprint density at radius 1 is 0.939 bits per heavy atom. The highest BCUT2D eigenvalue weighted by molar-refractivity contribution is 7.89. The van der Waals surface area contributed by atoms with E-state index in [1.54, 1.807) is 36.5 Å². The predicted octanol–water partition coefficient (Wildman–Crippen LogP) is 3.81. The van der Waals surface area contributed by atoms with Crippen LogP contribution in [0, 0.1) is 11.8 Å². The average Bonchev–Trinajstić information content (AvgIpc) is 3.36. The van der Waals surface area contributed by atoms with Gasteiger partial charge in [-0.3, -0.25) is 4.79 Å². The van der Waals surface area contributed by atoms with Gasteiger partial charge in [0.15, 0.2) is 0 Å². The number of nitrogens with one attached hydrogen (secondary N) is 2. The molecule has 33 heavy (non-hydrogen) atoms. The Hall–Kier alpha value is -4.19. The molecule has 7 nitrogen and oxygen atoms in total. The molecule has 0 radical (unpaired) electrons.